The highest BCUT2D eigenvalue weighted by atomic mass is 19.3. The van der Waals surface area contributed by atoms with E-state index in [9.17, 15) is 8.78 Å². The van der Waals surface area contributed by atoms with Crippen LogP contribution in [-0.4, -0.2) is 26.7 Å². The second kappa shape index (κ2) is 6.13. The Labute approximate surface area is 117 Å². The van der Waals surface area contributed by atoms with Crippen molar-refractivity contribution in [3.8, 4) is 0 Å². The summed E-state index contributed by atoms with van der Waals surface area (Å²) in [4.78, 5) is 4.26. The minimum absolute atomic E-state index is 0.0344. The van der Waals surface area contributed by atoms with Crippen LogP contribution in [0.5, 0.6) is 0 Å². The predicted molar refractivity (Wildman–Crippen MR) is 72.1 cm³/mol. The van der Waals surface area contributed by atoms with Crippen molar-refractivity contribution in [2.75, 3.05) is 0 Å². The van der Waals surface area contributed by atoms with E-state index in [0.29, 0.717) is 19.3 Å². The molecule has 0 aromatic carbocycles. The molecule has 1 saturated carbocycles. The molecule has 1 atom stereocenters. The van der Waals surface area contributed by atoms with Crippen molar-refractivity contribution in [3.05, 3.63) is 12.2 Å². The molecule has 1 unspecified atom stereocenters. The van der Waals surface area contributed by atoms with E-state index < -0.39 is 5.92 Å². The molecule has 0 amide bonds. The lowest BCUT2D eigenvalue weighted by Gasteiger charge is -2.33. The van der Waals surface area contributed by atoms with E-state index in [0.717, 1.165) is 5.82 Å². The van der Waals surface area contributed by atoms with E-state index in [1.54, 1.807) is 0 Å². The monoisotopic (exact) mass is 287 g/mol. The fourth-order valence-corrected chi connectivity index (χ4v) is 2.87. The molecule has 1 aromatic heterocycles. The second-order valence-electron chi connectivity index (χ2n) is 5.89. The van der Waals surface area contributed by atoms with Gasteiger partial charge in [-0.15, -0.1) is 0 Å². The van der Waals surface area contributed by atoms with Gasteiger partial charge >= 0.3 is 0 Å². The Kier molecular flexibility index (Phi) is 4.70. The van der Waals surface area contributed by atoms with Crippen molar-refractivity contribution in [2.24, 2.45) is 11.8 Å². The van der Waals surface area contributed by atoms with Gasteiger partial charge in [0.2, 0.25) is 5.92 Å². The SMILES string of the molecule is CC(C)n1ncnc1CC(NN)C1CCC(F)(F)CC1. The third-order valence-corrected chi connectivity index (χ3v) is 4.08. The number of nitrogens with one attached hydrogen (secondary N) is 1. The molecule has 3 N–H and O–H groups in total. The summed E-state index contributed by atoms with van der Waals surface area (Å²) in [5.74, 6) is 4.12. The summed E-state index contributed by atoms with van der Waals surface area (Å²) in [5, 5.41) is 4.19. The average molecular weight is 287 g/mol. The molecule has 2 rings (SSSR count). The Bertz CT molecular complexity index is 422. The zero-order valence-corrected chi connectivity index (χ0v) is 12.0. The zero-order chi connectivity index (χ0) is 14.8. The van der Waals surface area contributed by atoms with E-state index >= 15 is 0 Å². The van der Waals surface area contributed by atoms with Gasteiger partial charge in [0.25, 0.3) is 0 Å². The Morgan fingerprint density at radius 1 is 1.45 bits per heavy atom. The Morgan fingerprint density at radius 3 is 2.65 bits per heavy atom. The molecule has 0 spiro atoms. The first-order chi connectivity index (χ1) is 9.43. The maximum atomic E-state index is 13.2. The highest BCUT2D eigenvalue weighted by molar-refractivity contribution is 4.94. The summed E-state index contributed by atoms with van der Waals surface area (Å²) in [6.45, 7) is 4.06. The van der Waals surface area contributed by atoms with Crippen LogP contribution in [0.25, 0.3) is 0 Å². The lowest BCUT2D eigenvalue weighted by molar-refractivity contribution is -0.0496. The van der Waals surface area contributed by atoms with Gasteiger partial charge in [0.15, 0.2) is 0 Å². The molecule has 0 saturated heterocycles. The molecule has 1 aliphatic rings. The number of hydrogen-bond donors (Lipinski definition) is 2. The highest BCUT2D eigenvalue weighted by Crippen LogP contribution is 2.37. The van der Waals surface area contributed by atoms with Crippen LogP contribution in [0.2, 0.25) is 0 Å². The minimum Gasteiger partial charge on any atom is -0.271 e. The third kappa shape index (κ3) is 3.52. The Morgan fingerprint density at radius 2 is 2.10 bits per heavy atom. The molecule has 20 heavy (non-hydrogen) atoms. The minimum atomic E-state index is -2.51. The van der Waals surface area contributed by atoms with Crippen LogP contribution in [0.1, 0.15) is 51.4 Å². The normalized spacial score (nSPS) is 21.3. The van der Waals surface area contributed by atoms with Crippen LogP contribution in [0, 0.1) is 5.92 Å². The molecule has 0 bridgehead atoms. The first kappa shape index (κ1) is 15.3. The van der Waals surface area contributed by atoms with Crippen molar-refractivity contribution >= 4 is 0 Å². The van der Waals surface area contributed by atoms with Crippen molar-refractivity contribution < 1.29 is 8.78 Å². The summed E-state index contributed by atoms with van der Waals surface area (Å²) in [6.07, 6.45) is 3.04. The summed E-state index contributed by atoms with van der Waals surface area (Å²) in [5.41, 5.74) is 2.78. The first-order valence-corrected chi connectivity index (χ1v) is 7.15. The van der Waals surface area contributed by atoms with Crippen molar-refractivity contribution in [1.29, 1.82) is 0 Å². The van der Waals surface area contributed by atoms with Crippen LogP contribution in [0.3, 0.4) is 0 Å². The lowest BCUT2D eigenvalue weighted by atomic mass is 9.81. The molecular weight excluding hydrogens is 264 g/mol. The van der Waals surface area contributed by atoms with Gasteiger partial charge in [-0.05, 0) is 32.6 Å². The molecule has 1 aliphatic carbocycles. The fourth-order valence-electron chi connectivity index (χ4n) is 2.87. The standard InChI is InChI=1S/C13H23F2N5/c1-9(2)20-12(17-8-18-20)7-11(19-16)10-3-5-13(14,15)6-4-10/h8-11,19H,3-7,16H2,1-2H3. The van der Waals surface area contributed by atoms with E-state index in [4.69, 9.17) is 5.84 Å². The van der Waals surface area contributed by atoms with Crippen LogP contribution in [0.15, 0.2) is 6.33 Å². The average Bonchev–Trinajstić information content (AvgIpc) is 2.84. The number of nitrogens with zero attached hydrogens (tertiary/aromatic N) is 3. The number of rotatable bonds is 5. The summed E-state index contributed by atoms with van der Waals surface area (Å²) >= 11 is 0. The Balaban J connectivity index is 2.01. The van der Waals surface area contributed by atoms with Gasteiger partial charge in [0, 0.05) is 31.3 Å². The predicted octanol–water partition coefficient (Wildman–Crippen LogP) is 2.06. The topological polar surface area (TPSA) is 68.8 Å². The fraction of sp³-hybridized carbons (Fsp3) is 0.846. The van der Waals surface area contributed by atoms with Crippen molar-refractivity contribution in [2.45, 2.75) is 64.0 Å². The number of halogens is 2. The third-order valence-electron chi connectivity index (χ3n) is 4.08. The molecule has 1 aromatic rings. The highest BCUT2D eigenvalue weighted by Gasteiger charge is 2.37. The molecule has 5 nitrogen and oxygen atoms in total. The summed E-state index contributed by atoms with van der Waals surface area (Å²) in [7, 11) is 0. The first-order valence-electron chi connectivity index (χ1n) is 7.15. The summed E-state index contributed by atoms with van der Waals surface area (Å²) < 4.78 is 28.3. The number of hydrazine groups is 1. The van der Waals surface area contributed by atoms with Crippen LogP contribution in [-0.2, 0) is 6.42 Å². The number of hydrogen-bond acceptors (Lipinski definition) is 4. The van der Waals surface area contributed by atoms with Gasteiger partial charge in [-0.2, -0.15) is 5.10 Å². The van der Waals surface area contributed by atoms with Gasteiger partial charge in [-0.1, -0.05) is 0 Å². The molecule has 7 heteroatoms. The van der Waals surface area contributed by atoms with Crippen LogP contribution in [0.4, 0.5) is 8.78 Å². The van der Waals surface area contributed by atoms with Gasteiger partial charge in [-0.25, -0.2) is 18.4 Å². The smallest absolute Gasteiger partial charge is 0.248 e. The van der Waals surface area contributed by atoms with E-state index in [2.05, 4.69) is 15.5 Å². The number of aromatic nitrogens is 3. The van der Waals surface area contributed by atoms with Crippen molar-refractivity contribution in [1.82, 2.24) is 20.2 Å². The lowest BCUT2D eigenvalue weighted by Crippen LogP contribution is -2.45. The summed E-state index contributed by atoms with van der Waals surface area (Å²) in [6, 6.07) is 0.189. The van der Waals surface area contributed by atoms with Crippen LogP contribution >= 0.6 is 0 Å². The largest absolute Gasteiger partial charge is 0.271 e. The maximum Gasteiger partial charge on any atom is 0.248 e. The zero-order valence-electron chi connectivity index (χ0n) is 12.0. The maximum absolute atomic E-state index is 13.2. The quantitative estimate of drug-likeness (QED) is 0.642. The van der Waals surface area contributed by atoms with Gasteiger partial charge < -0.3 is 0 Å². The van der Waals surface area contributed by atoms with Crippen molar-refractivity contribution in [3.63, 3.8) is 0 Å². The molecule has 0 aliphatic heterocycles. The number of nitrogens with two attached hydrogens (primary N) is 1. The molecule has 1 heterocycles. The van der Waals surface area contributed by atoms with E-state index in [-0.39, 0.29) is 30.8 Å². The van der Waals surface area contributed by atoms with Gasteiger partial charge in [-0.3, -0.25) is 11.3 Å². The molecule has 1 fully saturated rings. The van der Waals surface area contributed by atoms with E-state index in [1.165, 1.54) is 6.33 Å². The van der Waals surface area contributed by atoms with Gasteiger partial charge in [0.1, 0.15) is 12.2 Å². The Hall–Kier alpha value is -1.08. The second-order valence-corrected chi connectivity index (χ2v) is 5.89. The van der Waals surface area contributed by atoms with Crippen LogP contribution < -0.4 is 11.3 Å². The van der Waals surface area contributed by atoms with E-state index in [1.807, 2.05) is 18.5 Å². The molecule has 114 valence electrons. The van der Waals surface area contributed by atoms with Gasteiger partial charge in [0.05, 0.1) is 0 Å². The molecule has 0 radical (unpaired) electrons. The molecular formula is C13H23F2N5. The number of alkyl halides is 2.